The molecule has 4 rings (SSSR count). The van der Waals surface area contributed by atoms with E-state index in [0.29, 0.717) is 23.6 Å². The lowest BCUT2D eigenvalue weighted by molar-refractivity contribution is 0.0729. The molecule has 3 aromatic rings. The number of nitrogens with zero attached hydrogens (tertiary/aromatic N) is 2. The third kappa shape index (κ3) is 3.88. The van der Waals surface area contributed by atoms with Gasteiger partial charge in [-0.3, -0.25) is 9.78 Å². The number of rotatable bonds is 5. The molecular weight excluding hydrogens is 376 g/mol. The molecule has 0 saturated carbocycles. The molecule has 1 fully saturated rings. The summed E-state index contributed by atoms with van der Waals surface area (Å²) in [7, 11) is 3.17. The Morgan fingerprint density at radius 2 is 1.80 bits per heavy atom. The van der Waals surface area contributed by atoms with Crippen LogP contribution in [-0.4, -0.2) is 36.6 Å². The first-order chi connectivity index (χ1) is 14.6. The molecule has 0 aliphatic carbocycles. The van der Waals surface area contributed by atoms with E-state index in [1.54, 1.807) is 32.4 Å². The summed E-state index contributed by atoms with van der Waals surface area (Å²) in [4.78, 5) is 20.1. The molecule has 5 heteroatoms. The summed E-state index contributed by atoms with van der Waals surface area (Å²) in [5, 5.41) is 0. The minimum absolute atomic E-state index is 0.0402. The Hall–Kier alpha value is -3.34. The Balaban J connectivity index is 1.68. The van der Waals surface area contributed by atoms with E-state index in [0.717, 1.165) is 35.4 Å². The minimum atomic E-state index is -0.0494. The highest BCUT2D eigenvalue weighted by atomic mass is 16.5. The van der Waals surface area contributed by atoms with Crippen molar-refractivity contribution >= 4 is 5.91 Å². The number of amides is 1. The quantitative estimate of drug-likeness (QED) is 0.599. The van der Waals surface area contributed by atoms with Crippen molar-refractivity contribution in [1.29, 1.82) is 0 Å². The largest absolute Gasteiger partial charge is 0.497 e. The van der Waals surface area contributed by atoms with Gasteiger partial charge < -0.3 is 14.4 Å². The van der Waals surface area contributed by atoms with E-state index in [9.17, 15) is 4.79 Å². The van der Waals surface area contributed by atoms with Gasteiger partial charge in [0, 0.05) is 18.3 Å². The van der Waals surface area contributed by atoms with Crippen LogP contribution in [0.4, 0.5) is 0 Å². The number of carbonyl (C=O) groups is 1. The van der Waals surface area contributed by atoms with Gasteiger partial charge in [0.05, 0.1) is 31.5 Å². The highest BCUT2D eigenvalue weighted by Crippen LogP contribution is 2.36. The fraction of sp³-hybridized carbons (Fsp3) is 0.280. The first kappa shape index (κ1) is 20.0. The second-order valence-electron chi connectivity index (χ2n) is 7.51. The van der Waals surface area contributed by atoms with E-state index in [-0.39, 0.29) is 11.9 Å². The third-order valence-electron chi connectivity index (χ3n) is 5.57. The van der Waals surface area contributed by atoms with E-state index in [1.807, 2.05) is 30.0 Å². The molecule has 0 spiro atoms. The lowest BCUT2D eigenvalue weighted by Gasteiger charge is -2.26. The molecule has 0 N–H and O–H groups in total. The highest BCUT2D eigenvalue weighted by molar-refractivity contribution is 5.97. The van der Waals surface area contributed by atoms with E-state index in [4.69, 9.17) is 14.5 Å². The lowest BCUT2D eigenvalue weighted by atomic mass is 10.0. The van der Waals surface area contributed by atoms with Crippen LogP contribution in [0.25, 0.3) is 11.1 Å². The summed E-state index contributed by atoms with van der Waals surface area (Å²) in [5.74, 6) is 1.14. The minimum Gasteiger partial charge on any atom is -0.497 e. The predicted octanol–water partition coefficient (Wildman–Crippen LogP) is 5.05. The van der Waals surface area contributed by atoms with Crippen LogP contribution in [0.1, 0.15) is 40.6 Å². The maximum Gasteiger partial charge on any atom is 0.258 e. The van der Waals surface area contributed by atoms with Gasteiger partial charge in [-0.15, -0.1) is 0 Å². The predicted molar refractivity (Wildman–Crippen MR) is 117 cm³/mol. The van der Waals surface area contributed by atoms with Crippen LogP contribution in [-0.2, 0) is 0 Å². The van der Waals surface area contributed by atoms with E-state index >= 15 is 0 Å². The van der Waals surface area contributed by atoms with E-state index in [2.05, 4.69) is 24.3 Å². The molecule has 0 radical (unpaired) electrons. The van der Waals surface area contributed by atoms with Crippen molar-refractivity contribution in [3.63, 3.8) is 0 Å². The van der Waals surface area contributed by atoms with Gasteiger partial charge in [-0.05, 0) is 55.2 Å². The van der Waals surface area contributed by atoms with Gasteiger partial charge >= 0.3 is 0 Å². The number of benzene rings is 2. The van der Waals surface area contributed by atoms with Crippen LogP contribution in [0.5, 0.6) is 11.5 Å². The van der Waals surface area contributed by atoms with Crippen LogP contribution < -0.4 is 9.47 Å². The smallest absolute Gasteiger partial charge is 0.258 e. The number of carbonyl (C=O) groups excluding carboxylic acids is 1. The Bertz CT molecular complexity index is 1050. The van der Waals surface area contributed by atoms with Gasteiger partial charge in [0.2, 0.25) is 0 Å². The Kier molecular flexibility index (Phi) is 5.70. The maximum atomic E-state index is 13.4. The molecule has 2 aromatic carbocycles. The molecule has 1 amide bonds. The number of hydrogen-bond acceptors (Lipinski definition) is 4. The molecule has 1 aromatic heterocycles. The molecule has 2 heterocycles. The highest BCUT2D eigenvalue weighted by Gasteiger charge is 2.33. The number of ether oxygens (including phenoxy) is 2. The van der Waals surface area contributed by atoms with Gasteiger partial charge in [0.25, 0.3) is 5.91 Å². The van der Waals surface area contributed by atoms with Crippen molar-refractivity contribution in [3.8, 4) is 22.6 Å². The van der Waals surface area contributed by atoms with Crippen molar-refractivity contribution in [2.24, 2.45) is 0 Å². The van der Waals surface area contributed by atoms with Crippen molar-refractivity contribution in [1.82, 2.24) is 9.88 Å². The summed E-state index contributed by atoms with van der Waals surface area (Å²) in [6.07, 6.45) is 1.85. The Labute approximate surface area is 177 Å². The summed E-state index contributed by atoms with van der Waals surface area (Å²) in [6, 6.07) is 19.7. The Morgan fingerprint density at radius 1 is 1.00 bits per heavy atom. The molecule has 154 valence electrons. The Morgan fingerprint density at radius 3 is 2.53 bits per heavy atom. The van der Waals surface area contributed by atoms with Gasteiger partial charge in [0.1, 0.15) is 11.5 Å². The topological polar surface area (TPSA) is 51.7 Å². The van der Waals surface area contributed by atoms with Crippen molar-refractivity contribution < 1.29 is 14.3 Å². The molecule has 1 atom stereocenters. The van der Waals surface area contributed by atoms with Crippen molar-refractivity contribution in [3.05, 3.63) is 77.6 Å². The fourth-order valence-electron chi connectivity index (χ4n) is 4.11. The van der Waals surface area contributed by atoms with Gasteiger partial charge in [0.15, 0.2) is 0 Å². The SMILES string of the molecule is COc1ccc(C(=O)N2CCC[C@@H]2c2cc(-c3ccccc3)cc(C)n2)c(OC)c1. The van der Waals surface area contributed by atoms with Gasteiger partial charge in [-0.25, -0.2) is 0 Å². The number of aromatic nitrogens is 1. The van der Waals surface area contributed by atoms with Gasteiger partial charge in [-0.2, -0.15) is 0 Å². The number of methoxy groups -OCH3 is 2. The number of aryl methyl sites for hydroxylation is 1. The molecule has 1 aliphatic rings. The van der Waals surface area contributed by atoms with Crippen LogP contribution in [0, 0.1) is 6.92 Å². The standard InChI is InChI=1S/C25H26N2O3/c1-17-14-19(18-8-5-4-6-9-18)15-22(26-17)23-10-7-13-27(23)25(28)21-12-11-20(29-2)16-24(21)30-3/h4-6,8-9,11-12,14-16,23H,7,10,13H2,1-3H3/t23-/m1/s1. The molecular formula is C25H26N2O3. The second-order valence-corrected chi connectivity index (χ2v) is 7.51. The van der Waals surface area contributed by atoms with Gasteiger partial charge in [-0.1, -0.05) is 30.3 Å². The van der Waals surface area contributed by atoms with Crippen LogP contribution in [0.2, 0.25) is 0 Å². The molecule has 30 heavy (non-hydrogen) atoms. The number of pyridine rings is 1. The molecule has 1 aliphatic heterocycles. The normalized spacial score (nSPS) is 15.8. The summed E-state index contributed by atoms with van der Waals surface area (Å²) < 4.78 is 10.7. The average Bonchev–Trinajstić information content (AvgIpc) is 3.28. The number of hydrogen-bond donors (Lipinski definition) is 0. The molecule has 1 saturated heterocycles. The fourth-order valence-corrected chi connectivity index (χ4v) is 4.11. The first-order valence-electron chi connectivity index (χ1n) is 10.2. The summed E-state index contributed by atoms with van der Waals surface area (Å²) in [6.45, 7) is 2.71. The zero-order valence-electron chi connectivity index (χ0n) is 17.6. The van der Waals surface area contributed by atoms with Crippen LogP contribution in [0.3, 0.4) is 0 Å². The molecule has 5 nitrogen and oxygen atoms in total. The van der Waals surface area contributed by atoms with E-state index in [1.165, 1.54) is 0 Å². The lowest BCUT2D eigenvalue weighted by Crippen LogP contribution is -2.31. The average molecular weight is 402 g/mol. The van der Waals surface area contributed by atoms with Crippen molar-refractivity contribution in [2.45, 2.75) is 25.8 Å². The van der Waals surface area contributed by atoms with Crippen LogP contribution in [0.15, 0.2) is 60.7 Å². The van der Waals surface area contributed by atoms with Crippen molar-refractivity contribution in [2.75, 3.05) is 20.8 Å². The summed E-state index contributed by atoms with van der Waals surface area (Å²) in [5.41, 5.74) is 4.71. The maximum absolute atomic E-state index is 13.4. The summed E-state index contributed by atoms with van der Waals surface area (Å²) >= 11 is 0. The second kappa shape index (κ2) is 8.57. The monoisotopic (exact) mass is 402 g/mol. The molecule has 0 bridgehead atoms. The zero-order chi connectivity index (χ0) is 21.1. The zero-order valence-corrected chi connectivity index (χ0v) is 17.6. The number of likely N-dealkylation sites (tertiary alicyclic amines) is 1. The first-order valence-corrected chi connectivity index (χ1v) is 10.2. The third-order valence-corrected chi connectivity index (χ3v) is 5.57. The van der Waals surface area contributed by atoms with Crippen LogP contribution >= 0.6 is 0 Å². The molecule has 0 unspecified atom stereocenters. The van der Waals surface area contributed by atoms with E-state index < -0.39 is 0 Å².